The lowest BCUT2D eigenvalue weighted by Gasteiger charge is -2.39. The number of aliphatic hydroxyl groups excluding tert-OH is 1. The summed E-state index contributed by atoms with van der Waals surface area (Å²) in [4.78, 5) is 74.7. The van der Waals surface area contributed by atoms with Crippen LogP contribution in [0, 0.1) is 5.92 Å². The molecule has 0 saturated carbocycles. The topological polar surface area (TPSA) is 152 Å². The van der Waals surface area contributed by atoms with Crippen LogP contribution in [0.4, 0.5) is 17.1 Å². The van der Waals surface area contributed by atoms with E-state index in [2.05, 4.69) is 10.2 Å². The summed E-state index contributed by atoms with van der Waals surface area (Å²) in [5.74, 6) is -1.21. The lowest BCUT2D eigenvalue weighted by atomic mass is 9.82. The molecule has 5 aliphatic rings. The quantitative estimate of drug-likeness (QED) is 0.176. The normalized spacial score (nSPS) is 27.8. The van der Waals surface area contributed by atoms with Gasteiger partial charge < -0.3 is 39.4 Å². The number of carbonyl (C=O) groups excluding carboxylic acids is 4. The Morgan fingerprint density at radius 2 is 1.78 bits per heavy atom. The number of fused-ring (bicyclic) bond motifs is 2. The van der Waals surface area contributed by atoms with Crippen molar-refractivity contribution in [3.8, 4) is 0 Å². The molecule has 3 N–H and O–H groups in total. The number of para-hydroxylation sites is 1. The van der Waals surface area contributed by atoms with Crippen LogP contribution in [-0.4, -0.2) is 111 Å². The second-order valence-corrected chi connectivity index (χ2v) is 20.2. The van der Waals surface area contributed by atoms with Crippen LogP contribution in [0.2, 0.25) is 18.6 Å². The first kappa shape index (κ1) is 38.5. The monoisotopic (exact) mass is 761 g/mol. The Hall–Kier alpha value is -3.82. The average Bonchev–Trinajstić information content (AvgIpc) is 3.89. The van der Waals surface area contributed by atoms with Gasteiger partial charge in [0.05, 0.1) is 44.6 Å². The zero-order chi connectivity index (χ0) is 38.4. The number of carbonyl (C=O) groups is 4. The summed E-state index contributed by atoms with van der Waals surface area (Å²) in [6.45, 7) is 8.17. The first-order chi connectivity index (χ1) is 25.9. The Morgan fingerprint density at radius 1 is 1.04 bits per heavy atom. The average molecular weight is 762 g/mol. The number of methoxy groups -OCH3 is 1. The highest BCUT2D eigenvalue weighted by atomic mass is 28.4. The Balaban J connectivity index is 1.28. The molecule has 5 atom stereocenters. The van der Waals surface area contributed by atoms with Gasteiger partial charge in [0.1, 0.15) is 5.54 Å². The van der Waals surface area contributed by atoms with E-state index in [9.17, 15) is 24.3 Å². The fraction of sp³-hybridized carbons (Fsp3) is 0.600. The van der Waals surface area contributed by atoms with Gasteiger partial charge >= 0.3 is 5.97 Å². The number of benzene rings is 2. The number of nitrogens with zero attached hydrogens (tertiary/aromatic N) is 4. The lowest BCUT2D eigenvalue weighted by molar-refractivity contribution is -0.150. The van der Waals surface area contributed by atoms with Crippen molar-refractivity contribution in [1.29, 1.82) is 0 Å². The van der Waals surface area contributed by atoms with E-state index in [1.807, 2.05) is 73.4 Å². The van der Waals surface area contributed by atoms with Gasteiger partial charge in [-0.3, -0.25) is 24.1 Å². The van der Waals surface area contributed by atoms with Crippen LogP contribution in [0.1, 0.15) is 63.9 Å². The van der Waals surface area contributed by atoms with Crippen LogP contribution in [0.25, 0.3) is 0 Å². The maximum atomic E-state index is 15.0. The largest absolute Gasteiger partial charge is 0.469 e. The Kier molecular flexibility index (Phi) is 10.7. The molecular formula is C40H55N5O8Si. The van der Waals surface area contributed by atoms with Crippen molar-refractivity contribution in [2.45, 2.75) is 100 Å². The molecule has 0 aromatic heterocycles. The molecule has 54 heavy (non-hydrogen) atoms. The van der Waals surface area contributed by atoms with Gasteiger partial charge in [0.2, 0.25) is 5.91 Å². The molecule has 4 fully saturated rings. The Morgan fingerprint density at radius 3 is 2.46 bits per heavy atom. The number of aliphatic hydroxyl groups is 1. The van der Waals surface area contributed by atoms with E-state index in [1.165, 1.54) is 7.11 Å². The Bertz CT molecular complexity index is 1750. The fourth-order valence-electron chi connectivity index (χ4n) is 10.1. The van der Waals surface area contributed by atoms with Crippen LogP contribution in [0.15, 0.2) is 48.5 Å². The minimum atomic E-state index is -3.06. The predicted octanol–water partition coefficient (Wildman–Crippen LogP) is 3.48. The van der Waals surface area contributed by atoms with Crippen molar-refractivity contribution < 1.29 is 38.6 Å². The number of rotatable bonds is 11. The van der Waals surface area contributed by atoms with E-state index >= 15 is 4.79 Å². The zero-order valence-corrected chi connectivity index (χ0v) is 33.0. The summed E-state index contributed by atoms with van der Waals surface area (Å²) in [6.07, 6.45) is 3.40. The van der Waals surface area contributed by atoms with Crippen molar-refractivity contribution in [3.63, 3.8) is 0 Å². The molecule has 2 aromatic rings. The van der Waals surface area contributed by atoms with Crippen molar-refractivity contribution >= 4 is 49.1 Å². The third kappa shape index (κ3) is 6.43. The van der Waals surface area contributed by atoms with Gasteiger partial charge in [0.15, 0.2) is 13.9 Å². The molecule has 13 nitrogen and oxygen atoms in total. The maximum absolute atomic E-state index is 15.0. The minimum absolute atomic E-state index is 0.0144. The SMILES string of the molecule is COC(=O)CCCCN1C(=O)[C@]2(O[C@H](CC(=O)N3CCC[C@H]3CO)[C@@H]([Si](C)(C)O)[C@@H]2C)c2cc(N3CN(c4ccccc4)C4(CCNCC4)C3=O)ccc21. The molecule has 7 rings (SSSR count). The number of esters is 1. The van der Waals surface area contributed by atoms with Gasteiger partial charge in [0.25, 0.3) is 11.8 Å². The number of hydrogen-bond acceptors (Lipinski definition) is 10. The fourth-order valence-corrected chi connectivity index (χ4v) is 12.7. The van der Waals surface area contributed by atoms with Crippen LogP contribution in [-0.2, 0) is 34.3 Å². The van der Waals surface area contributed by atoms with E-state index in [0.717, 1.165) is 31.6 Å². The standard InChI is InChI=1S/C40H55N5O8Si/c1-27-36(54(3,4)51)33(24-34(47)42-22-10-13-30(42)25-46)53-40(27)31-23-29(15-16-32(31)43(38(40)50)21-9-8-14-35(48)52-2)44-26-45(28-11-6-5-7-12-28)39(37(44)49)17-19-41-20-18-39/h5-7,11-12,15-16,23,27,30,33,36,41,46,51H,8-10,13-14,17-22,24-26H2,1-4H3/t27-,30-,33+,36-,40+/m0/s1. The van der Waals surface area contributed by atoms with Crippen LogP contribution in [0.3, 0.4) is 0 Å². The number of piperidine rings is 1. The molecule has 0 bridgehead atoms. The number of nitrogens with one attached hydrogen (secondary N) is 1. The van der Waals surface area contributed by atoms with Gasteiger partial charge in [-0.05, 0) is 95.0 Å². The second kappa shape index (κ2) is 15.0. The maximum Gasteiger partial charge on any atom is 0.305 e. The first-order valence-corrected chi connectivity index (χ1v) is 22.6. The molecule has 0 aliphatic carbocycles. The number of anilines is 3. The van der Waals surface area contributed by atoms with Gasteiger partial charge in [-0.1, -0.05) is 25.1 Å². The van der Waals surface area contributed by atoms with Gasteiger partial charge in [-0.2, -0.15) is 0 Å². The predicted molar refractivity (Wildman–Crippen MR) is 206 cm³/mol. The highest BCUT2D eigenvalue weighted by molar-refractivity contribution is 6.71. The summed E-state index contributed by atoms with van der Waals surface area (Å²) in [7, 11) is -1.71. The summed E-state index contributed by atoms with van der Waals surface area (Å²) < 4.78 is 11.8. The zero-order valence-electron chi connectivity index (χ0n) is 32.0. The highest BCUT2D eigenvalue weighted by Gasteiger charge is 2.67. The number of ether oxygens (including phenoxy) is 2. The molecule has 4 saturated heterocycles. The van der Waals surface area contributed by atoms with E-state index in [-0.39, 0.29) is 49.2 Å². The van der Waals surface area contributed by atoms with Crippen LogP contribution >= 0.6 is 0 Å². The van der Waals surface area contributed by atoms with Crippen molar-refractivity contribution in [1.82, 2.24) is 10.2 Å². The van der Waals surface area contributed by atoms with E-state index in [1.54, 1.807) is 9.80 Å². The number of amides is 3. The van der Waals surface area contributed by atoms with E-state index in [0.29, 0.717) is 62.4 Å². The van der Waals surface area contributed by atoms with E-state index < -0.39 is 37.0 Å². The smallest absolute Gasteiger partial charge is 0.305 e. The molecule has 0 radical (unpaired) electrons. The van der Waals surface area contributed by atoms with Crippen molar-refractivity contribution in [3.05, 3.63) is 54.1 Å². The Labute approximate surface area is 318 Å². The molecular weight excluding hydrogens is 707 g/mol. The first-order valence-electron chi connectivity index (χ1n) is 19.6. The van der Waals surface area contributed by atoms with Crippen LogP contribution < -0.4 is 20.0 Å². The van der Waals surface area contributed by atoms with Gasteiger partial charge in [-0.15, -0.1) is 0 Å². The molecule has 14 heteroatoms. The summed E-state index contributed by atoms with van der Waals surface area (Å²) >= 11 is 0. The van der Waals surface area contributed by atoms with Gasteiger partial charge in [0, 0.05) is 47.9 Å². The summed E-state index contributed by atoms with van der Waals surface area (Å²) in [5, 5.41) is 13.4. The van der Waals surface area contributed by atoms with E-state index in [4.69, 9.17) is 9.47 Å². The molecule has 5 aliphatic heterocycles. The second-order valence-electron chi connectivity index (χ2n) is 16.2. The third-order valence-corrected chi connectivity index (χ3v) is 15.2. The molecule has 0 unspecified atom stereocenters. The molecule has 5 heterocycles. The van der Waals surface area contributed by atoms with Crippen molar-refractivity contribution in [2.75, 3.05) is 61.3 Å². The number of hydrogen-bond donors (Lipinski definition) is 3. The highest BCUT2D eigenvalue weighted by Crippen LogP contribution is 2.60. The van der Waals surface area contributed by atoms with Gasteiger partial charge in [-0.25, -0.2) is 0 Å². The minimum Gasteiger partial charge on any atom is -0.469 e. The number of likely N-dealkylation sites (tertiary alicyclic amines) is 1. The van der Waals surface area contributed by atoms with Crippen molar-refractivity contribution in [2.24, 2.45) is 5.92 Å². The molecule has 2 aromatic carbocycles. The third-order valence-electron chi connectivity index (χ3n) is 12.7. The lowest BCUT2D eigenvalue weighted by Crippen LogP contribution is -2.55. The molecule has 292 valence electrons. The van der Waals surface area contributed by atoms with Crippen LogP contribution in [0.5, 0.6) is 0 Å². The summed E-state index contributed by atoms with van der Waals surface area (Å²) in [5.41, 5.74) is 0.240. The molecule has 2 spiro atoms. The number of unbranched alkanes of at least 4 members (excludes halogenated alkanes) is 1. The summed E-state index contributed by atoms with van der Waals surface area (Å²) in [6, 6.07) is 15.5. The molecule has 3 amide bonds.